The number of fused-ring (bicyclic) bond motifs is 1. The van der Waals surface area contributed by atoms with E-state index >= 15 is 0 Å². The van der Waals surface area contributed by atoms with Crippen LogP contribution >= 0.6 is 0 Å². The normalized spacial score (nSPS) is 10.7. The van der Waals surface area contributed by atoms with Crippen LogP contribution in [-0.2, 0) is 4.79 Å². The average Bonchev–Trinajstić information content (AvgIpc) is 2.65. The van der Waals surface area contributed by atoms with Gasteiger partial charge >= 0.3 is 0 Å². The number of benzene rings is 3. The minimum Gasteiger partial charge on any atom is -0.268 e. The fourth-order valence-corrected chi connectivity index (χ4v) is 2.38. The van der Waals surface area contributed by atoms with Gasteiger partial charge in [-0.1, -0.05) is 60.7 Å². The summed E-state index contributed by atoms with van der Waals surface area (Å²) >= 11 is 0. The van der Waals surface area contributed by atoms with Gasteiger partial charge in [-0.15, -0.1) is 0 Å². The maximum Gasteiger partial charge on any atom is 0.269 e. The number of nitrogens with one attached hydrogen (secondary N) is 2. The van der Waals surface area contributed by atoms with Crippen molar-refractivity contribution in [3.63, 3.8) is 0 Å². The minimum atomic E-state index is -0.396. The van der Waals surface area contributed by atoms with Gasteiger partial charge < -0.3 is 0 Å². The molecule has 0 fully saturated rings. The van der Waals surface area contributed by atoms with Gasteiger partial charge in [-0.25, -0.2) is 0 Å². The van der Waals surface area contributed by atoms with E-state index in [1.54, 1.807) is 30.3 Å². The van der Waals surface area contributed by atoms with E-state index in [9.17, 15) is 9.59 Å². The number of rotatable bonds is 3. The largest absolute Gasteiger partial charge is 0.269 e. The summed E-state index contributed by atoms with van der Waals surface area (Å²) in [6.07, 6.45) is 3.12. The van der Waals surface area contributed by atoms with Crippen LogP contribution in [-0.4, -0.2) is 11.8 Å². The Morgan fingerprint density at radius 2 is 1.46 bits per heavy atom. The molecular formula is C20H16N2O2. The van der Waals surface area contributed by atoms with Crippen molar-refractivity contribution < 1.29 is 9.59 Å². The van der Waals surface area contributed by atoms with Gasteiger partial charge in [-0.05, 0) is 34.5 Å². The Bertz CT molecular complexity index is 896. The Labute approximate surface area is 139 Å². The molecule has 0 saturated heterocycles. The lowest BCUT2D eigenvalue weighted by molar-refractivity contribution is -0.117. The van der Waals surface area contributed by atoms with E-state index < -0.39 is 5.91 Å². The van der Waals surface area contributed by atoms with Crippen LogP contribution in [0.1, 0.15) is 15.9 Å². The van der Waals surface area contributed by atoms with Gasteiger partial charge in [-0.3, -0.25) is 20.4 Å². The van der Waals surface area contributed by atoms with Gasteiger partial charge in [0.2, 0.25) is 0 Å². The van der Waals surface area contributed by atoms with Gasteiger partial charge in [0.15, 0.2) is 0 Å². The third kappa shape index (κ3) is 3.67. The number of hydrogen-bond donors (Lipinski definition) is 2. The Hall–Kier alpha value is -3.40. The lowest BCUT2D eigenvalue weighted by Crippen LogP contribution is -2.40. The molecule has 0 aliphatic heterocycles. The van der Waals surface area contributed by atoms with Gasteiger partial charge in [-0.2, -0.15) is 0 Å². The highest BCUT2D eigenvalue weighted by atomic mass is 16.2. The molecule has 0 bridgehead atoms. The van der Waals surface area contributed by atoms with Crippen molar-refractivity contribution in [3.05, 3.63) is 90.0 Å². The Morgan fingerprint density at radius 3 is 2.29 bits per heavy atom. The molecule has 0 heterocycles. The summed E-state index contributed by atoms with van der Waals surface area (Å²) in [5.41, 5.74) is 6.18. The van der Waals surface area contributed by atoms with E-state index in [2.05, 4.69) is 10.9 Å². The van der Waals surface area contributed by atoms with Gasteiger partial charge in [0.1, 0.15) is 0 Å². The quantitative estimate of drug-likeness (QED) is 0.575. The molecule has 0 saturated carbocycles. The summed E-state index contributed by atoms with van der Waals surface area (Å²) < 4.78 is 0. The summed E-state index contributed by atoms with van der Waals surface area (Å²) in [4.78, 5) is 23.7. The zero-order valence-electron chi connectivity index (χ0n) is 12.9. The lowest BCUT2D eigenvalue weighted by atomic mass is 10.0. The van der Waals surface area contributed by atoms with Gasteiger partial charge in [0, 0.05) is 11.6 Å². The molecular weight excluding hydrogens is 300 g/mol. The Balaban J connectivity index is 1.64. The molecule has 2 amide bonds. The van der Waals surface area contributed by atoms with Crippen molar-refractivity contribution in [2.24, 2.45) is 0 Å². The van der Waals surface area contributed by atoms with E-state index in [0.717, 1.165) is 16.3 Å². The molecule has 118 valence electrons. The number of carbonyl (C=O) groups excluding carboxylic acids is 2. The van der Waals surface area contributed by atoms with Crippen molar-refractivity contribution >= 4 is 28.7 Å². The van der Waals surface area contributed by atoms with Gasteiger partial charge in [0.25, 0.3) is 11.8 Å². The first-order valence-electron chi connectivity index (χ1n) is 7.55. The monoisotopic (exact) mass is 316 g/mol. The predicted molar refractivity (Wildman–Crippen MR) is 95.0 cm³/mol. The molecule has 3 aromatic rings. The molecule has 0 aliphatic rings. The first-order chi connectivity index (χ1) is 11.7. The standard InChI is InChI=1S/C20H16N2O2/c23-19(21-22-20(24)17-8-2-1-3-9-17)14-13-16-11-6-10-15-7-4-5-12-18(15)16/h1-14H,(H,21,23)(H,22,24). The highest BCUT2D eigenvalue weighted by molar-refractivity contribution is 5.99. The Morgan fingerprint density at radius 1 is 0.750 bits per heavy atom. The second-order valence-corrected chi connectivity index (χ2v) is 5.21. The number of hydrazine groups is 1. The smallest absolute Gasteiger partial charge is 0.268 e. The van der Waals surface area contributed by atoms with Crippen LogP contribution in [0.2, 0.25) is 0 Å². The predicted octanol–water partition coefficient (Wildman–Crippen LogP) is 3.31. The molecule has 0 radical (unpaired) electrons. The molecule has 0 unspecified atom stereocenters. The fraction of sp³-hybridized carbons (Fsp3) is 0. The van der Waals surface area contributed by atoms with Crippen LogP contribution in [0.25, 0.3) is 16.8 Å². The SMILES string of the molecule is O=C(C=Cc1cccc2ccccc12)NNC(=O)c1ccccc1. The van der Waals surface area contributed by atoms with Crippen LogP contribution in [0.15, 0.2) is 78.9 Å². The molecule has 3 aromatic carbocycles. The number of hydrogen-bond acceptors (Lipinski definition) is 2. The minimum absolute atomic E-state index is 0.359. The van der Waals surface area contributed by atoms with Crippen molar-refractivity contribution in [3.8, 4) is 0 Å². The maximum absolute atomic E-state index is 11.9. The number of carbonyl (C=O) groups is 2. The fourth-order valence-electron chi connectivity index (χ4n) is 2.38. The molecule has 3 rings (SSSR count). The highest BCUT2D eigenvalue weighted by Crippen LogP contribution is 2.19. The lowest BCUT2D eigenvalue weighted by Gasteiger charge is -2.05. The van der Waals surface area contributed by atoms with E-state index in [1.807, 2.05) is 48.5 Å². The first kappa shape index (κ1) is 15.5. The molecule has 0 atom stereocenters. The number of amides is 2. The molecule has 0 aliphatic carbocycles. The summed E-state index contributed by atoms with van der Waals surface area (Å²) in [7, 11) is 0. The molecule has 2 N–H and O–H groups in total. The van der Waals surface area contributed by atoms with E-state index in [0.29, 0.717) is 5.56 Å². The molecule has 24 heavy (non-hydrogen) atoms. The first-order valence-corrected chi connectivity index (χ1v) is 7.55. The maximum atomic E-state index is 11.9. The highest BCUT2D eigenvalue weighted by Gasteiger charge is 2.04. The summed E-state index contributed by atoms with van der Waals surface area (Å²) in [6, 6.07) is 22.6. The van der Waals surface area contributed by atoms with Crippen molar-refractivity contribution in [1.82, 2.24) is 10.9 Å². The summed E-state index contributed by atoms with van der Waals surface area (Å²) in [6.45, 7) is 0. The molecule has 0 aromatic heterocycles. The van der Waals surface area contributed by atoms with E-state index in [-0.39, 0.29) is 5.91 Å². The topological polar surface area (TPSA) is 58.2 Å². The van der Waals surface area contributed by atoms with E-state index in [1.165, 1.54) is 6.08 Å². The van der Waals surface area contributed by atoms with E-state index in [4.69, 9.17) is 0 Å². The van der Waals surface area contributed by atoms with Crippen LogP contribution in [0.5, 0.6) is 0 Å². The average molecular weight is 316 g/mol. The Kier molecular flexibility index (Phi) is 4.68. The van der Waals surface area contributed by atoms with Crippen LogP contribution < -0.4 is 10.9 Å². The van der Waals surface area contributed by atoms with Crippen LogP contribution in [0, 0.1) is 0 Å². The molecule has 0 spiro atoms. The second kappa shape index (κ2) is 7.24. The zero-order valence-corrected chi connectivity index (χ0v) is 12.9. The zero-order chi connectivity index (χ0) is 16.8. The molecule has 4 heteroatoms. The van der Waals surface area contributed by atoms with Crippen molar-refractivity contribution in [2.75, 3.05) is 0 Å². The summed E-state index contributed by atoms with van der Waals surface area (Å²) in [5.74, 6) is -0.755. The van der Waals surface area contributed by atoms with Crippen LogP contribution in [0.4, 0.5) is 0 Å². The van der Waals surface area contributed by atoms with Crippen molar-refractivity contribution in [2.45, 2.75) is 0 Å². The van der Waals surface area contributed by atoms with Crippen LogP contribution in [0.3, 0.4) is 0 Å². The van der Waals surface area contributed by atoms with Crippen molar-refractivity contribution in [1.29, 1.82) is 0 Å². The second-order valence-electron chi connectivity index (χ2n) is 5.21. The van der Waals surface area contributed by atoms with Gasteiger partial charge in [0.05, 0.1) is 0 Å². The third-order valence-corrected chi connectivity index (χ3v) is 3.57. The third-order valence-electron chi connectivity index (χ3n) is 3.57. The summed E-state index contributed by atoms with van der Waals surface area (Å²) in [5, 5.41) is 2.18. The molecule has 4 nitrogen and oxygen atoms in total.